The van der Waals surface area contributed by atoms with Crippen molar-refractivity contribution in [1.82, 2.24) is 34.0 Å². The summed E-state index contributed by atoms with van der Waals surface area (Å²) in [6.07, 6.45) is 0. The van der Waals surface area contributed by atoms with Gasteiger partial charge in [-0.1, -0.05) is 68.9 Å². The lowest BCUT2D eigenvalue weighted by atomic mass is 9.87. The second-order valence-corrected chi connectivity index (χ2v) is 9.87. The van der Waals surface area contributed by atoms with E-state index < -0.39 is 0 Å². The molecule has 168 valence electrons. The molecule has 0 bridgehead atoms. The maximum Gasteiger partial charge on any atom is 0.262 e. The van der Waals surface area contributed by atoms with Crippen LogP contribution in [0.3, 0.4) is 0 Å². The molecule has 0 aliphatic heterocycles. The van der Waals surface area contributed by atoms with Gasteiger partial charge in [0.05, 0.1) is 16.7 Å². The summed E-state index contributed by atoms with van der Waals surface area (Å²) in [6, 6.07) is 15.7. The molecule has 9 nitrogen and oxygen atoms in total. The lowest BCUT2D eigenvalue weighted by Crippen LogP contribution is -2.20. The number of rotatable bonds is 4. The van der Waals surface area contributed by atoms with Gasteiger partial charge in [-0.3, -0.25) is 13.8 Å². The molecule has 0 radical (unpaired) electrons. The van der Waals surface area contributed by atoms with Crippen LogP contribution in [0.25, 0.3) is 28.1 Å². The summed E-state index contributed by atoms with van der Waals surface area (Å²) in [4.78, 5) is 12.6. The largest absolute Gasteiger partial charge is 0.335 e. The van der Waals surface area contributed by atoms with Crippen LogP contribution >= 0.6 is 11.8 Å². The average Bonchev–Trinajstić information content (AvgIpc) is 3.39. The third-order valence-corrected chi connectivity index (χ3v) is 6.64. The van der Waals surface area contributed by atoms with Crippen molar-refractivity contribution >= 4 is 28.4 Å². The van der Waals surface area contributed by atoms with Gasteiger partial charge in [0.15, 0.2) is 5.82 Å². The lowest BCUT2D eigenvalue weighted by molar-refractivity contribution is 0.590. The van der Waals surface area contributed by atoms with Crippen molar-refractivity contribution in [3.05, 3.63) is 70.3 Å². The molecule has 33 heavy (non-hydrogen) atoms. The van der Waals surface area contributed by atoms with E-state index in [1.807, 2.05) is 40.8 Å². The fourth-order valence-electron chi connectivity index (χ4n) is 3.81. The van der Waals surface area contributed by atoms with E-state index in [2.05, 4.69) is 53.3 Å². The van der Waals surface area contributed by atoms with E-state index in [-0.39, 0.29) is 11.0 Å². The quantitative estimate of drug-likeness (QED) is 0.324. The fourth-order valence-corrected chi connectivity index (χ4v) is 4.58. The normalized spacial score (nSPS) is 12.1. The molecule has 0 saturated carbocycles. The number of hydrogen-bond donors (Lipinski definition) is 1. The minimum absolute atomic E-state index is 0.0740. The molecule has 5 aromatic rings. The van der Waals surface area contributed by atoms with Gasteiger partial charge in [-0.25, -0.2) is 4.68 Å². The van der Waals surface area contributed by atoms with Gasteiger partial charge < -0.3 is 5.84 Å². The zero-order valence-corrected chi connectivity index (χ0v) is 19.7. The van der Waals surface area contributed by atoms with Crippen LogP contribution in [0.2, 0.25) is 0 Å². The molecule has 5 rings (SSSR count). The smallest absolute Gasteiger partial charge is 0.262 e. The number of thioether (sulfide) groups is 1. The second-order valence-electron chi connectivity index (χ2n) is 8.93. The highest BCUT2D eigenvalue weighted by molar-refractivity contribution is 7.98. The van der Waals surface area contributed by atoms with Crippen molar-refractivity contribution in [2.24, 2.45) is 7.05 Å². The van der Waals surface area contributed by atoms with E-state index in [1.54, 1.807) is 7.05 Å². The third kappa shape index (κ3) is 3.56. The summed E-state index contributed by atoms with van der Waals surface area (Å²) in [5, 5.41) is 18.3. The van der Waals surface area contributed by atoms with Crippen LogP contribution in [-0.2, 0) is 18.2 Å². The summed E-state index contributed by atoms with van der Waals surface area (Å²) >= 11 is 1.41. The molecular weight excluding hydrogens is 436 g/mol. The average molecular weight is 461 g/mol. The third-order valence-electron chi connectivity index (χ3n) is 5.70. The topological polar surface area (TPSA) is 109 Å². The van der Waals surface area contributed by atoms with Crippen LogP contribution in [0.1, 0.15) is 32.2 Å². The first kappa shape index (κ1) is 21.2. The van der Waals surface area contributed by atoms with Gasteiger partial charge in [-0.2, -0.15) is 0 Å². The van der Waals surface area contributed by atoms with Gasteiger partial charge in [0.1, 0.15) is 5.82 Å². The fraction of sp³-hybridized carbons (Fsp3) is 0.261. The number of aryl methyl sites for hydroxylation is 1. The Morgan fingerprint density at radius 1 is 0.970 bits per heavy atom. The molecule has 2 N–H and O–H groups in total. The zero-order chi connectivity index (χ0) is 23.3. The monoisotopic (exact) mass is 460 g/mol. The summed E-state index contributed by atoms with van der Waals surface area (Å²) < 4.78 is 4.90. The number of para-hydroxylation sites is 1. The molecule has 3 aromatic heterocycles. The summed E-state index contributed by atoms with van der Waals surface area (Å²) in [5.74, 6) is 8.57. The molecular formula is C23H24N8OS. The molecule has 0 fully saturated rings. The van der Waals surface area contributed by atoms with Crippen molar-refractivity contribution in [3.63, 3.8) is 0 Å². The maximum atomic E-state index is 12.6. The number of nitrogens with two attached hydrogens (primary N) is 1. The standard InChI is InChI=1S/C23H24N8OS/c1-23(2,3)15-11-9-14(10-12-15)19-26-28-22(31(19)24)33-13-18-25-27-21-29(4)20(32)16-7-5-6-8-17(16)30(18)21/h5-12H,13,24H2,1-4H3. The maximum absolute atomic E-state index is 12.6. The number of fused-ring (bicyclic) bond motifs is 3. The highest BCUT2D eigenvalue weighted by atomic mass is 32.2. The lowest BCUT2D eigenvalue weighted by Gasteiger charge is -2.19. The molecule has 0 aliphatic carbocycles. The Hall–Kier alpha value is -3.66. The zero-order valence-electron chi connectivity index (χ0n) is 18.9. The summed E-state index contributed by atoms with van der Waals surface area (Å²) in [5.41, 5.74) is 2.88. The van der Waals surface area contributed by atoms with Gasteiger partial charge in [0.25, 0.3) is 5.56 Å². The molecule has 0 atom stereocenters. The Balaban J connectivity index is 1.46. The molecule has 2 aromatic carbocycles. The second kappa shape index (κ2) is 7.73. The minimum Gasteiger partial charge on any atom is -0.335 e. The number of nitrogen functional groups attached to an aromatic ring is 1. The first-order valence-corrected chi connectivity index (χ1v) is 11.5. The Kier molecular flexibility index (Phi) is 4.97. The van der Waals surface area contributed by atoms with Crippen LogP contribution < -0.4 is 11.4 Å². The number of nitrogens with zero attached hydrogens (tertiary/aromatic N) is 7. The number of aromatic nitrogens is 7. The van der Waals surface area contributed by atoms with Crippen molar-refractivity contribution in [2.75, 3.05) is 5.84 Å². The van der Waals surface area contributed by atoms with Crippen LogP contribution in [0.4, 0.5) is 0 Å². The molecule has 0 saturated heterocycles. The number of hydrogen-bond acceptors (Lipinski definition) is 7. The highest BCUT2D eigenvalue weighted by Gasteiger charge is 2.18. The van der Waals surface area contributed by atoms with Crippen LogP contribution in [0.15, 0.2) is 58.5 Å². The first-order valence-electron chi connectivity index (χ1n) is 10.5. The van der Waals surface area contributed by atoms with E-state index in [4.69, 9.17) is 5.84 Å². The number of benzene rings is 2. The molecule has 3 heterocycles. The van der Waals surface area contributed by atoms with E-state index >= 15 is 0 Å². The SMILES string of the molecule is Cn1c(=O)c2ccccc2n2c(CSc3nnc(-c4ccc(C(C)(C)C)cc4)n3N)nnc12. The molecule has 0 unspecified atom stereocenters. The van der Waals surface area contributed by atoms with Crippen LogP contribution in [0, 0.1) is 0 Å². The van der Waals surface area contributed by atoms with E-state index in [0.29, 0.717) is 33.7 Å². The van der Waals surface area contributed by atoms with Gasteiger partial charge in [-0.15, -0.1) is 20.4 Å². The minimum atomic E-state index is -0.103. The first-order chi connectivity index (χ1) is 15.8. The predicted molar refractivity (Wildman–Crippen MR) is 130 cm³/mol. The Labute approximate surface area is 194 Å². The van der Waals surface area contributed by atoms with Crippen LogP contribution in [-0.4, -0.2) is 34.0 Å². The van der Waals surface area contributed by atoms with Gasteiger partial charge in [0.2, 0.25) is 10.9 Å². The van der Waals surface area contributed by atoms with E-state index in [0.717, 1.165) is 11.1 Å². The summed E-state index contributed by atoms with van der Waals surface area (Å²) in [7, 11) is 1.70. The Morgan fingerprint density at radius 3 is 2.42 bits per heavy atom. The van der Waals surface area contributed by atoms with Crippen molar-refractivity contribution in [1.29, 1.82) is 0 Å². The molecule has 10 heteroatoms. The van der Waals surface area contributed by atoms with Crippen molar-refractivity contribution in [3.8, 4) is 11.4 Å². The van der Waals surface area contributed by atoms with Gasteiger partial charge >= 0.3 is 0 Å². The Bertz CT molecular complexity index is 1540. The summed E-state index contributed by atoms with van der Waals surface area (Å²) in [6.45, 7) is 6.53. The van der Waals surface area contributed by atoms with Crippen LogP contribution in [0.5, 0.6) is 0 Å². The predicted octanol–water partition coefficient (Wildman–Crippen LogP) is 3.14. The molecule has 0 spiro atoms. The van der Waals surface area contributed by atoms with Gasteiger partial charge in [0, 0.05) is 12.6 Å². The highest BCUT2D eigenvalue weighted by Crippen LogP contribution is 2.27. The van der Waals surface area contributed by atoms with E-state index in [9.17, 15) is 4.79 Å². The van der Waals surface area contributed by atoms with Crippen molar-refractivity contribution < 1.29 is 0 Å². The van der Waals surface area contributed by atoms with E-state index in [1.165, 1.54) is 26.6 Å². The van der Waals surface area contributed by atoms with Crippen molar-refractivity contribution in [2.45, 2.75) is 37.1 Å². The molecule has 0 amide bonds. The Morgan fingerprint density at radius 2 is 1.70 bits per heavy atom. The molecule has 0 aliphatic rings. The van der Waals surface area contributed by atoms with Gasteiger partial charge in [-0.05, 0) is 23.1 Å².